The van der Waals surface area contributed by atoms with Crippen LogP contribution in [0.4, 0.5) is 10.6 Å². The number of benzene rings is 2. The fraction of sp³-hybridized carbons (Fsp3) is 0.590. The minimum Gasteiger partial charge on any atom is -0.394 e. The zero-order valence-electron chi connectivity index (χ0n) is 31.3. The van der Waals surface area contributed by atoms with Gasteiger partial charge < -0.3 is 30.9 Å². The molecule has 0 spiro atoms. The van der Waals surface area contributed by atoms with Crippen LogP contribution in [0.5, 0.6) is 0 Å². The number of ether oxygens (including phenoxy) is 1. The molecule has 1 aromatic heterocycles. The van der Waals surface area contributed by atoms with E-state index in [1.807, 2.05) is 23.7 Å². The van der Waals surface area contributed by atoms with Crippen LogP contribution in [0.15, 0.2) is 67.0 Å². The Balaban J connectivity index is 1.34. The molecule has 51 heavy (non-hydrogen) atoms. The summed E-state index contributed by atoms with van der Waals surface area (Å²) in [6.07, 6.45) is 1.96. The summed E-state index contributed by atoms with van der Waals surface area (Å²) >= 11 is 0. The molecule has 6 N–H and O–H groups in total. The average molecular weight is 705 g/mol. The van der Waals surface area contributed by atoms with Crippen molar-refractivity contribution >= 4 is 11.8 Å². The summed E-state index contributed by atoms with van der Waals surface area (Å²) < 4.78 is 7.97. The number of amides is 2. The van der Waals surface area contributed by atoms with Gasteiger partial charge in [-0.3, -0.25) is 19.7 Å². The number of urea groups is 1. The van der Waals surface area contributed by atoms with E-state index in [4.69, 9.17) is 9.72 Å². The van der Waals surface area contributed by atoms with Gasteiger partial charge in [-0.2, -0.15) is 0 Å². The Morgan fingerprint density at radius 1 is 1.08 bits per heavy atom. The molecule has 280 valence electrons. The van der Waals surface area contributed by atoms with Crippen molar-refractivity contribution < 1.29 is 19.7 Å². The number of hydrogen-bond donors (Lipinski definition) is 6. The summed E-state index contributed by atoms with van der Waals surface area (Å²) in [6, 6.07) is 21.3. The van der Waals surface area contributed by atoms with E-state index < -0.39 is 24.1 Å². The fourth-order valence-electron chi connectivity index (χ4n) is 7.54. The molecular weight excluding hydrogens is 644 g/mol. The largest absolute Gasteiger partial charge is 0.394 e. The van der Waals surface area contributed by atoms with Gasteiger partial charge in [-0.1, -0.05) is 88.4 Å². The third-order valence-corrected chi connectivity index (χ3v) is 10.6. The topological polar surface area (TPSA) is 139 Å². The van der Waals surface area contributed by atoms with Crippen molar-refractivity contribution in [3.05, 3.63) is 83.8 Å². The van der Waals surface area contributed by atoms with Crippen LogP contribution in [0.3, 0.4) is 0 Å². The van der Waals surface area contributed by atoms with E-state index in [9.17, 15) is 15.0 Å². The molecule has 2 aliphatic heterocycles. The molecule has 3 heterocycles. The normalized spacial score (nSPS) is 23.6. The van der Waals surface area contributed by atoms with Crippen LogP contribution in [0.2, 0.25) is 0 Å². The molecule has 12 heteroatoms. The molecular formula is C39H60N8O4. The van der Waals surface area contributed by atoms with Crippen molar-refractivity contribution in [1.82, 2.24) is 35.3 Å². The molecule has 12 nitrogen and oxygen atoms in total. The van der Waals surface area contributed by atoms with Gasteiger partial charge in [-0.15, -0.1) is 0 Å². The number of imidazole rings is 1. The predicted octanol–water partition coefficient (Wildman–Crippen LogP) is 4.46. The standard InChI is InChI=1S/C39H60N8O4/c1-7-30(8-2)46(23-27(3)4)20-19-40-38(50)42-25-39(5)44-37-35(43-26-47(37)34-21-32(49)33(24-48)51-34)36(45(39)6)41-22-31(28-15-11-9-12-16-28)29-17-13-10-14-18-29/h9-18,26-27,30-34,36,41,44,48-49H,7-8,19-25H2,1-6H3,(H2,40,42,50)/t32-,33+,34+,36?,39?/m0/s1. The first kappa shape index (κ1) is 38.7. The molecule has 1 fully saturated rings. The highest BCUT2D eigenvalue weighted by Gasteiger charge is 2.45. The summed E-state index contributed by atoms with van der Waals surface area (Å²) in [4.78, 5) is 22.8. The zero-order chi connectivity index (χ0) is 36.5. The zero-order valence-corrected chi connectivity index (χ0v) is 31.3. The number of anilines is 1. The van der Waals surface area contributed by atoms with E-state index in [2.05, 4.69) is 114 Å². The highest BCUT2D eigenvalue weighted by molar-refractivity contribution is 5.74. The number of hydrogen-bond acceptors (Lipinski definition) is 9. The first-order chi connectivity index (χ1) is 24.6. The summed E-state index contributed by atoms with van der Waals surface area (Å²) in [7, 11) is 2.03. The summed E-state index contributed by atoms with van der Waals surface area (Å²) in [5, 5.41) is 34.1. The molecule has 0 aliphatic carbocycles. The number of aromatic nitrogens is 2. The SMILES string of the molecule is CCC(CC)N(CCNC(=O)NCC1(C)Nc2c(ncn2[C@H]2C[C@H](O)[C@@H](CO)O2)C(NCC(c2ccccc2)c2ccccc2)N1C)CC(C)C. The second kappa shape index (κ2) is 17.8. The molecule has 3 aromatic rings. The van der Waals surface area contributed by atoms with Crippen LogP contribution < -0.4 is 21.3 Å². The first-order valence-corrected chi connectivity index (χ1v) is 18.7. The Kier molecular flexibility index (Phi) is 13.5. The number of carbonyl (C=O) groups excluding carboxylic acids is 1. The lowest BCUT2D eigenvalue weighted by atomic mass is 9.91. The van der Waals surface area contributed by atoms with Crippen LogP contribution in [0.25, 0.3) is 0 Å². The number of fused-ring (bicyclic) bond motifs is 1. The van der Waals surface area contributed by atoms with E-state index in [-0.39, 0.29) is 24.7 Å². The van der Waals surface area contributed by atoms with E-state index in [0.29, 0.717) is 38.0 Å². The van der Waals surface area contributed by atoms with Gasteiger partial charge in [0.25, 0.3) is 0 Å². The maximum atomic E-state index is 13.2. The van der Waals surface area contributed by atoms with Crippen molar-refractivity contribution in [2.75, 3.05) is 51.7 Å². The summed E-state index contributed by atoms with van der Waals surface area (Å²) in [5.74, 6) is 1.39. The van der Waals surface area contributed by atoms with Crippen molar-refractivity contribution in [2.45, 2.75) is 96.1 Å². The highest BCUT2D eigenvalue weighted by Crippen LogP contribution is 2.40. The third kappa shape index (κ3) is 9.29. The van der Waals surface area contributed by atoms with Gasteiger partial charge in [-0.05, 0) is 43.9 Å². The van der Waals surface area contributed by atoms with Gasteiger partial charge in [0.05, 0.1) is 25.6 Å². The minimum absolute atomic E-state index is 0.0882. The van der Waals surface area contributed by atoms with Gasteiger partial charge >= 0.3 is 6.03 Å². The molecule has 2 aliphatic rings. The Bertz CT molecular complexity index is 1460. The average Bonchev–Trinajstić information content (AvgIpc) is 3.72. The van der Waals surface area contributed by atoms with E-state index in [1.165, 1.54) is 11.1 Å². The number of likely N-dealkylation sites (N-methyl/N-ethyl adjacent to an activating group) is 1. The number of aliphatic hydroxyl groups excluding tert-OH is 2. The predicted molar refractivity (Wildman–Crippen MR) is 201 cm³/mol. The third-order valence-electron chi connectivity index (χ3n) is 10.6. The van der Waals surface area contributed by atoms with Gasteiger partial charge in [-0.25, -0.2) is 9.78 Å². The lowest BCUT2D eigenvalue weighted by Crippen LogP contribution is -2.63. The fourth-order valence-corrected chi connectivity index (χ4v) is 7.54. The van der Waals surface area contributed by atoms with Gasteiger partial charge in [0, 0.05) is 44.6 Å². The molecule has 0 saturated carbocycles. The maximum Gasteiger partial charge on any atom is 0.314 e. The van der Waals surface area contributed by atoms with Crippen molar-refractivity contribution in [3.8, 4) is 0 Å². The van der Waals surface area contributed by atoms with E-state index in [0.717, 1.165) is 37.4 Å². The number of rotatable bonds is 17. The molecule has 2 unspecified atom stereocenters. The Labute approximate surface area is 304 Å². The van der Waals surface area contributed by atoms with Crippen molar-refractivity contribution in [3.63, 3.8) is 0 Å². The Morgan fingerprint density at radius 3 is 2.29 bits per heavy atom. The summed E-state index contributed by atoms with van der Waals surface area (Å²) in [5.41, 5.74) is 2.47. The number of carbonyl (C=O) groups is 1. The van der Waals surface area contributed by atoms with Crippen LogP contribution >= 0.6 is 0 Å². The monoisotopic (exact) mass is 704 g/mol. The number of nitrogens with one attached hydrogen (secondary N) is 4. The van der Waals surface area contributed by atoms with Crippen LogP contribution in [0, 0.1) is 5.92 Å². The lowest BCUT2D eigenvalue weighted by molar-refractivity contribution is -0.0442. The smallest absolute Gasteiger partial charge is 0.314 e. The minimum atomic E-state index is -0.783. The quantitative estimate of drug-likeness (QED) is 0.120. The van der Waals surface area contributed by atoms with Gasteiger partial charge in [0.1, 0.15) is 35.7 Å². The van der Waals surface area contributed by atoms with Crippen LogP contribution in [-0.4, -0.2) is 106 Å². The second-order valence-corrected chi connectivity index (χ2v) is 14.7. The van der Waals surface area contributed by atoms with E-state index in [1.54, 1.807) is 6.33 Å². The molecule has 0 radical (unpaired) electrons. The number of nitrogens with zero attached hydrogens (tertiary/aromatic N) is 4. The maximum absolute atomic E-state index is 13.2. The van der Waals surface area contributed by atoms with Crippen molar-refractivity contribution in [1.29, 1.82) is 0 Å². The Morgan fingerprint density at radius 2 is 1.73 bits per heavy atom. The molecule has 0 bridgehead atoms. The number of aliphatic hydroxyl groups is 2. The second-order valence-electron chi connectivity index (χ2n) is 14.7. The van der Waals surface area contributed by atoms with Crippen molar-refractivity contribution in [2.24, 2.45) is 5.92 Å². The Hall–Kier alpha value is -3.52. The molecule has 5 rings (SSSR count). The van der Waals surface area contributed by atoms with Crippen LogP contribution in [-0.2, 0) is 4.74 Å². The first-order valence-electron chi connectivity index (χ1n) is 18.7. The highest BCUT2D eigenvalue weighted by atomic mass is 16.5. The van der Waals surface area contributed by atoms with Crippen LogP contribution in [0.1, 0.15) is 89.0 Å². The van der Waals surface area contributed by atoms with Gasteiger partial charge in [0.15, 0.2) is 0 Å². The molecule has 2 amide bonds. The van der Waals surface area contributed by atoms with Gasteiger partial charge in [0.2, 0.25) is 0 Å². The molecule has 2 aromatic carbocycles. The lowest BCUT2D eigenvalue weighted by Gasteiger charge is -2.48. The molecule has 1 saturated heterocycles. The van der Waals surface area contributed by atoms with E-state index >= 15 is 0 Å². The molecule has 5 atom stereocenters. The summed E-state index contributed by atoms with van der Waals surface area (Å²) in [6.45, 7) is 14.0.